The second kappa shape index (κ2) is 10.2. The second-order valence-electron chi connectivity index (χ2n) is 8.72. The van der Waals surface area contributed by atoms with E-state index < -0.39 is 29.4 Å². The summed E-state index contributed by atoms with van der Waals surface area (Å²) in [5.74, 6) is -0.503. The third kappa shape index (κ3) is 7.95. The van der Waals surface area contributed by atoms with Crippen molar-refractivity contribution >= 4 is 17.7 Å². The Morgan fingerprint density at radius 3 is 2.29 bits per heavy atom. The fraction of sp³-hybridized carbons (Fsp3) is 0.636. The minimum Gasteiger partial charge on any atom is -0.462 e. The van der Waals surface area contributed by atoms with Gasteiger partial charge in [0.05, 0.1) is 17.7 Å². The van der Waals surface area contributed by atoms with Gasteiger partial charge in [0.1, 0.15) is 5.60 Å². The number of rotatable bonds is 6. The Hall–Kier alpha value is -2.45. The van der Waals surface area contributed by atoms with Crippen LogP contribution < -0.4 is 10.6 Å². The molecule has 174 valence electrons. The van der Waals surface area contributed by atoms with E-state index in [0.717, 1.165) is 37.8 Å². The molecule has 0 heterocycles. The van der Waals surface area contributed by atoms with Crippen LogP contribution in [-0.2, 0) is 15.7 Å². The van der Waals surface area contributed by atoms with E-state index in [4.69, 9.17) is 9.47 Å². The van der Waals surface area contributed by atoms with Crippen molar-refractivity contribution in [1.29, 1.82) is 0 Å². The van der Waals surface area contributed by atoms with Crippen LogP contribution in [0.1, 0.15) is 69.3 Å². The minimum absolute atomic E-state index is 0.0102. The zero-order valence-corrected chi connectivity index (χ0v) is 18.4. The largest absolute Gasteiger partial charge is 0.462 e. The van der Waals surface area contributed by atoms with E-state index in [1.165, 1.54) is 6.07 Å². The van der Waals surface area contributed by atoms with Gasteiger partial charge in [-0.1, -0.05) is 0 Å². The number of anilines is 1. The topological polar surface area (TPSA) is 76.7 Å². The lowest BCUT2D eigenvalue weighted by molar-refractivity contribution is -0.137. The summed E-state index contributed by atoms with van der Waals surface area (Å²) in [6, 6.07) is 3.20. The molecule has 9 heteroatoms. The van der Waals surface area contributed by atoms with Crippen LogP contribution in [0.2, 0.25) is 0 Å². The third-order valence-corrected chi connectivity index (χ3v) is 4.98. The monoisotopic (exact) mass is 444 g/mol. The summed E-state index contributed by atoms with van der Waals surface area (Å²) >= 11 is 0. The summed E-state index contributed by atoms with van der Waals surface area (Å²) in [7, 11) is 0. The Balaban J connectivity index is 1.95. The van der Waals surface area contributed by atoms with Gasteiger partial charge in [0.2, 0.25) is 0 Å². The molecule has 1 saturated carbocycles. The number of benzene rings is 1. The molecule has 1 aromatic carbocycles. The molecule has 0 radical (unpaired) electrons. The van der Waals surface area contributed by atoms with Gasteiger partial charge < -0.3 is 20.1 Å². The van der Waals surface area contributed by atoms with Crippen LogP contribution in [0.15, 0.2) is 18.2 Å². The molecule has 6 nitrogen and oxygen atoms in total. The fourth-order valence-electron chi connectivity index (χ4n) is 3.52. The predicted molar refractivity (Wildman–Crippen MR) is 111 cm³/mol. The SMILES string of the molecule is CCOC(=O)c1ccc(C(F)(F)F)c(NC[C@H]2CC[C@@H](NC(=O)OC(C)(C)C)CC2)c1. The first-order valence-corrected chi connectivity index (χ1v) is 10.5. The molecule has 31 heavy (non-hydrogen) atoms. The van der Waals surface area contributed by atoms with E-state index in [0.29, 0.717) is 6.54 Å². The molecule has 0 aliphatic heterocycles. The molecule has 1 aliphatic rings. The number of amides is 1. The second-order valence-corrected chi connectivity index (χ2v) is 8.72. The molecule has 1 amide bonds. The number of halogens is 3. The van der Waals surface area contributed by atoms with Gasteiger partial charge in [-0.3, -0.25) is 0 Å². The molecule has 0 atom stereocenters. The van der Waals surface area contributed by atoms with Crippen molar-refractivity contribution in [2.45, 2.75) is 71.2 Å². The number of alkyl carbamates (subject to hydrolysis) is 1. The van der Waals surface area contributed by atoms with Crippen LogP contribution in [-0.4, -0.2) is 36.9 Å². The van der Waals surface area contributed by atoms with Crippen molar-refractivity contribution in [3.63, 3.8) is 0 Å². The van der Waals surface area contributed by atoms with Gasteiger partial charge in [-0.05, 0) is 77.5 Å². The Morgan fingerprint density at radius 2 is 1.74 bits per heavy atom. The average molecular weight is 444 g/mol. The minimum atomic E-state index is -4.54. The van der Waals surface area contributed by atoms with Crippen molar-refractivity contribution in [3.05, 3.63) is 29.3 Å². The lowest BCUT2D eigenvalue weighted by Gasteiger charge is -2.30. The van der Waals surface area contributed by atoms with Crippen LogP contribution in [0.4, 0.5) is 23.7 Å². The molecule has 0 spiro atoms. The van der Waals surface area contributed by atoms with Gasteiger partial charge in [-0.2, -0.15) is 13.2 Å². The number of carbonyl (C=O) groups is 2. The van der Waals surface area contributed by atoms with Crippen LogP contribution in [0.3, 0.4) is 0 Å². The highest BCUT2D eigenvalue weighted by Gasteiger charge is 2.34. The van der Waals surface area contributed by atoms with Gasteiger partial charge in [0, 0.05) is 18.3 Å². The van der Waals surface area contributed by atoms with E-state index in [9.17, 15) is 22.8 Å². The summed E-state index contributed by atoms with van der Waals surface area (Å²) in [4.78, 5) is 23.8. The number of carbonyl (C=O) groups excluding carboxylic acids is 2. The van der Waals surface area contributed by atoms with Crippen LogP contribution in [0.5, 0.6) is 0 Å². The van der Waals surface area contributed by atoms with Crippen molar-refractivity contribution in [2.75, 3.05) is 18.5 Å². The average Bonchev–Trinajstić information content (AvgIpc) is 2.65. The number of nitrogens with one attached hydrogen (secondary N) is 2. The standard InChI is InChI=1S/C22H31F3N2O4/c1-5-30-19(28)15-8-11-17(22(23,24)25)18(12-15)26-13-14-6-9-16(10-7-14)27-20(29)31-21(2,3)4/h8,11-12,14,16,26H,5-7,9-10,13H2,1-4H3,(H,27,29)/t14-,16+. The number of ether oxygens (including phenoxy) is 2. The fourth-order valence-corrected chi connectivity index (χ4v) is 3.52. The van der Waals surface area contributed by atoms with Gasteiger partial charge in [-0.25, -0.2) is 9.59 Å². The third-order valence-electron chi connectivity index (χ3n) is 4.98. The van der Waals surface area contributed by atoms with Crippen molar-refractivity contribution in [2.24, 2.45) is 5.92 Å². The van der Waals surface area contributed by atoms with E-state index in [1.807, 2.05) is 0 Å². The molecule has 2 N–H and O–H groups in total. The highest BCUT2D eigenvalue weighted by atomic mass is 19.4. The first-order chi connectivity index (χ1) is 14.4. The Kier molecular flexibility index (Phi) is 8.20. The number of hydrogen-bond donors (Lipinski definition) is 2. The van der Waals surface area contributed by atoms with Gasteiger partial charge in [-0.15, -0.1) is 0 Å². The van der Waals surface area contributed by atoms with Gasteiger partial charge in [0.15, 0.2) is 0 Å². The quantitative estimate of drug-likeness (QED) is 0.577. The Bertz CT molecular complexity index is 767. The molecule has 1 aromatic rings. The summed E-state index contributed by atoms with van der Waals surface area (Å²) in [5.41, 5.74) is -1.45. The summed E-state index contributed by atoms with van der Waals surface area (Å²) in [6.45, 7) is 7.50. The van der Waals surface area contributed by atoms with E-state index in [-0.39, 0.29) is 29.8 Å². The van der Waals surface area contributed by atoms with Gasteiger partial charge in [0.25, 0.3) is 0 Å². The van der Waals surface area contributed by atoms with Crippen LogP contribution >= 0.6 is 0 Å². The molecule has 1 aliphatic carbocycles. The molecule has 2 rings (SSSR count). The maximum atomic E-state index is 13.4. The first-order valence-electron chi connectivity index (χ1n) is 10.5. The highest BCUT2D eigenvalue weighted by molar-refractivity contribution is 5.91. The molecule has 0 saturated heterocycles. The molecule has 1 fully saturated rings. The number of alkyl halides is 3. The maximum Gasteiger partial charge on any atom is 0.418 e. The van der Waals surface area contributed by atoms with E-state index >= 15 is 0 Å². The molecular weight excluding hydrogens is 413 g/mol. The normalized spacial score (nSPS) is 19.5. The number of hydrogen-bond acceptors (Lipinski definition) is 5. The molecule has 0 bridgehead atoms. The summed E-state index contributed by atoms with van der Waals surface area (Å²) in [6.07, 6.45) is -2.04. The zero-order chi connectivity index (χ0) is 23.2. The first kappa shape index (κ1) is 24.8. The molecular formula is C22H31F3N2O4. The molecule has 0 unspecified atom stereocenters. The van der Waals surface area contributed by atoms with Crippen molar-refractivity contribution in [3.8, 4) is 0 Å². The van der Waals surface area contributed by atoms with Crippen molar-refractivity contribution < 1.29 is 32.2 Å². The molecule has 0 aromatic heterocycles. The lowest BCUT2D eigenvalue weighted by Crippen LogP contribution is -2.41. The lowest BCUT2D eigenvalue weighted by atomic mass is 9.86. The summed E-state index contributed by atoms with van der Waals surface area (Å²) in [5, 5.41) is 5.72. The Labute approximate surface area is 180 Å². The van der Waals surface area contributed by atoms with E-state index in [1.54, 1.807) is 27.7 Å². The maximum absolute atomic E-state index is 13.4. The number of esters is 1. The highest BCUT2D eigenvalue weighted by Crippen LogP contribution is 2.36. The predicted octanol–water partition coefficient (Wildman–Crippen LogP) is 5.38. The van der Waals surface area contributed by atoms with Crippen LogP contribution in [0.25, 0.3) is 0 Å². The zero-order valence-electron chi connectivity index (χ0n) is 18.4. The van der Waals surface area contributed by atoms with E-state index in [2.05, 4.69) is 10.6 Å². The van der Waals surface area contributed by atoms with Gasteiger partial charge >= 0.3 is 18.2 Å². The van der Waals surface area contributed by atoms with Crippen LogP contribution in [0, 0.1) is 5.92 Å². The smallest absolute Gasteiger partial charge is 0.418 e. The van der Waals surface area contributed by atoms with Crippen molar-refractivity contribution in [1.82, 2.24) is 5.32 Å². The summed E-state index contributed by atoms with van der Waals surface area (Å²) < 4.78 is 50.3. The Morgan fingerprint density at radius 1 is 1.10 bits per heavy atom.